The van der Waals surface area contributed by atoms with Gasteiger partial charge in [0.05, 0.1) is 0 Å². The largest absolute Gasteiger partial charge is 0.485 e. The first-order valence-corrected chi connectivity index (χ1v) is 4.66. The van der Waals surface area contributed by atoms with E-state index in [2.05, 4.69) is 0 Å². The Kier molecular flexibility index (Phi) is 2.12. The number of ether oxygens (including phenoxy) is 1. The van der Waals surface area contributed by atoms with Crippen molar-refractivity contribution in [1.82, 2.24) is 0 Å². The van der Waals surface area contributed by atoms with Crippen molar-refractivity contribution < 1.29 is 9.53 Å². The molecule has 14 heavy (non-hydrogen) atoms. The maximum atomic E-state index is 10.9. The van der Waals surface area contributed by atoms with E-state index < -0.39 is 0 Å². The van der Waals surface area contributed by atoms with Crippen LogP contribution in [0.1, 0.15) is 19.4 Å². The van der Waals surface area contributed by atoms with E-state index in [1.54, 1.807) is 0 Å². The van der Waals surface area contributed by atoms with E-state index in [1.165, 1.54) is 0 Å². The molecule has 0 aromatic heterocycles. The Morgan fingerprint density at radius 1 is 1.36 bits per heavy atom. The zero-order chi connectivity index (χ0) is 10.1. The van der Waals surface area contributed by atoms with Gasteiger partial charge in [0, 0.05) is 11.1 Å². The molecule has 0 bridgehead atoms. The summed E-state index contributed by atoms with van der Waals surface area (Å²) in [7, 11) is 0. The summed E-state index contributed by atoms with van der Waals surface area (Å²) in [6.45, 7) is 3.85. The molecule has 2 rings (SSSR count). The van der Waals surface area contributed by atoms with Gasteiger partial charge in [-0.25, -0.2) is 0 Å². The van der Waals surface area contributed by atoms with Crippen LogP contribution in [0.25, 0.3) is 5.57 Å². The van der Waals surface area contributed by atoms with Gasteiger partial charge in [-0.1, -0.05) is 18.2 Å². The Labute approximate surface area is 83.2 Å². The van der Waals surface area contributed by atoms with Gasteiger partial charge in [0.1, 0.15) is 18.1 Å². The van der Waals surface area contributed by atoms with Gasteiger partial charge in [-0.2, -0.15) is 0 Å². The van der Waals surface area contributed by atoms with E-state index in [0.717, 1.165) is 28.7 Å². The van der Waals surface area contributed by atoms with Gasteiger partial charge in [-0.3, -0.25) is 4.79 Å². The molecule has 1 aromatic carbocycles. The van der Waals surface area contributed by atoms with Gasteiger partial charge in [-0.15, -0.1) is 0 Å². The van der Waals surface area contributed by atoms with Crippen molar-refractivity contribution in [3.05, 3.63) is 35.4 Å². The lowest BCUT2D eigenvalue weighted by Gasteiger charge is -2.24. The predicted octanol–water partition coefficient (Wildman–Crippen LogP) is 2.44. The molecule has 0 aliphatic carbocycles. The third-order valence-electron chi connectivity index (χ3n) is 2.59. The minimum atomic E-state index is -0.137. The molecule has 0 saturated carbocycles. The standard InChI is InChI=1S/C12H12O2/c1-8-10-5-3-4-6-12(10)14-9(2)11(8)7-13/h3-7,9H,1-2H3. The zero-order valence-corrected chi connectivity index (χ0v) is 8.28. The molecule has 0 saturated heterocycles. The number of aldehydes is 1. The molecular weight excluding hydrogens is 176 g/mol. The maximum Gasteiger partial charge on any atom is 0.150 e. The number of carbonyl (C=O) groups is 1. The Morgan fingerprint density at radius 3 is 2.79 bits per heavy atom. The van der Waals surface area contributed by atoms with Crippen LogP contribution in [0.15, 0.2) is 29.8 Å². The molecule has 72 valence electrons. The molecule has 1 aromatic rings. The number of hydrogen-bond acceptors (Lipinski definition) is 2. The number of fused-ring (bicyclic) bond motifs is 1. The second kappa shape index (κ2) is 3.29. The average molecular weight is 188 g/mol. The van der Waals surface area contributed by atoms with E-state index in [-0.39, 0.29) is 6.10 Å². The molecule has 1 heterocycles. The van der Waals surface area contributed by atoms with Crippen molar-refractivity contribution in [2.24, 2.45) is 0 Å². The number of benzene rings is 1. The number of carbonyl (C=O) groups excluding carboxylic acids is 1. The average Bonchev–Trinajstić information content (AvgIpc) is 2.18. The van der Waals surface area contributed by atoms with Crippen molar-refractivity contribution in [1.29, 1.82) is 0 Å². The van der Waals surface area contributed by atoms with Gasteiger partial charge in [-0.05, 0) is 25.5 Å². The van der Waals surface area contributed by atoms with Crippen LogP contribution in [0.5, 0.6) is 5.75 Å². The summed E-state index contributed by atoms with van der Waals surface area (Å²) in [5.41, 5.74) is 2.78. The van der Waals surface area contributed by atoms with Gasteiger partial charge in [0.25, 0.3) is 0 Å². The summed E-state index contributed by atoms with van der Waals surface area (Å²) >= 11 is 0. The van der Waals surface area contributed by atoms with Crippen molar-refractivity contribution in [2.75, 3.05) is 0 Å². The fraction of sp³-hybridized carbons (Fsp3) is 0.250. The van der Waals surface area contributed by atoms with Crippen molar-refractivity contribution in [2.45, 2.75) is 20.0 Å². The fourth-order valence-corrected chi connectivity index (χ4v) is 1.78. The van der Waals surface area contributed by atoms with E-state index in [0.29, 0.717) is 0 Å². The lowest BCUT2D eigenvalue weighted by molar-refractivity contribution is -0.105. The highest BCUT2D eigenvalue weighted by Crippen LogP contribution is 2.34. The third-order valence-corrected chi connectivity index (χ3v) is 2.59. The van der Waals surface area contributed by atoms with E-state index in [9.17, 15) is 4.79 Å². The van der Waals surface area contributed by atoms with Crippen LogP contribution in [-0.2, 0) is 4.79 Å². The van der Waals surface area contributed by atoms with Crippen LogP contribution in [0.3, 0.4) is 0 Å². The molecule has 0 radical (unpaired) electrons. The highest BCUT2D eigenvalue weighted by molar-refractivity contribution is 5.91. The van der Waals surface area contributed by atoms with Gasteiger partial charge >= 0.3 is 0 Å². The summed E-state index contributed by atoms with van der Waals surface area (Å²) < 4.78 is 5.62. The minimum absolute atomic E-state index is 0.137. The summed E-state index contributed by atoms with van der Waals surface area (Å²) in [5, 5.41) is 0. The molecule has 0 N–H and O–H groups in total. The molecular formula is C12H12O2. The van der Waals surface area contributed by atoms with Crippen LogP contribution < -0.4 is 4.74 Å². The second-order valence-corrected chi connectivity index (χ2v) is 3.45. The number of hydrogen-bond donors (Lipinski definition) is 0. The van der Waals surface area contributed by atoms with Crippen LogP contribution in [0.4, 0.5) is 0 Å². The molecule has 0 spiro atoms. The summed E-state index contributed by atoms with van der Waals surface area (Å²) in [5.74, 6) is 0.864. The van der Waals surface area contributed by atoms with E-state index in [1.807, 2.05) is 38.1 Å². The highest BCUT2D eigenvalue weighted by atomic mass is 16.5. The quantitative estimate of drug-likeness (QED) is 0.633. The minimum Gasteiger partial charge on any atom is -0.485 e. The third kappa shape index (κ3) is 1.23. The van der Waals surface area contributed by atoms with Gasteiger partial charge in [0.15, 0.2) is 0 Å². The van der Waals surface area contributed by atoms with Gasteiger partial charge < -0.3 is 4.74 Å². The first kappa shape index (κ1) is 9.00. The normalized spacial score (nSPS) is 20.0. The lowest BCUT2D eigenvalue weighted by atomic mass is 9.95. The summed E-state index contributed by atoms with van der Waals surface area (Å²) in [6, 6.07) is 7.78. The maximum absolute atomic E-state index is 10.9. The fourth-order valence-electron chi connectivity index (χ4n) is 1.78. The predicted molar refractivity (Wildman–Crippen MR) is 55.2 cm³/mol. The molecule has 1 unspecified atom stereocenters. The molecule has 2 nitrogen and oxygen atoms in total. The summed E-state index contributed by atoms with van der Waals surface area (Å²) in [4.78, 5) is 10.9. The first-order chi connectivity index (χ1) is 6.74. The van der Waals surface area contributed by atoms with Crippen LogP contribution in [-0.4, -0.2) is 12.4 Å². The second-order valence-electron chi connectivity index (χ2n) is 3.45. The van der Waals surface area contributed by atoms with Crippen LogP contribution >= 0.6 is 0 Å². The molecule has 1 aliphatic heterocycles. The zero-order valence-electron chi connectivity index (χ0n) is 8.28. The molecule has 1 atom stereocenters. The Balaban J connectivity index is 2.61. The van der Waals surface area contributed by atoms with E-state index >= 15 is 0 Å². The Morgan fingerprint density at radius 2 is 2.07 bits per heavy atom. The van der Waals surface area contributed by atoms with Crippen molar-refractivity contribution in [3.8, 4) is 5.75 Å². The highest BCUT2D eigenvalue weighted by Gasteiger charge is 2.21. The Hall–Kier alpha value is -1.57. The van der Waals surface area contributed by atoms with Crippen molar-refractivity contribution >= 4 is 11.9 Å². The topological polar surface area (TPSA) is 26.3 Å². The number of rotatable bonds is 1. The molecule has 0 amide bonds. The summed E-state index contributed by atoms with van der Waals surface area (Å²) in [6.07, 6.45) is 0.748. The monoisotopic (exact) mass is 188 g/mol. The smallest absolute Gasteiger partial charge is 0.150 e. The number of para-hydroxylation sites is 1. The number of allylic oxidation sites excluding steroid dienone is 1. The van der Waals surface area contributed by atoms with E-state index in [4.69, 9.17) is 4.74 Å². The first-order valence-electron chi connectivity index (χ1n) is 4.66. The molecule has 2 heteroatoms. The SMILES string of the molecule is CC1=C(C=O)C(C)Oc2ccccc21. The van der Waals surface area contributed by atoms with Crippen molar-refractivity contribution in [3.63, 3.8) is 0 Å². The van der Waals surface area contributed by atoms with Crippen LogP contribution in [0.2, 0.25) is 0 Å². The van der Waals surface area contributed by atoms with Crippen LogP contribution in [0, 0.1) is 0 Å². The Bertz CT molecular complexity index is 405. The lowest BCUT2D eigenvalue weighted by Crippen LogP contribution is -2.21. The van der Waals surface area contributed by atoms with Gasteiger partial charge in [0.2, 0.25) is 0 Å². The molecule has 0 fully saturated rings. The molecule has 1 aliphatic rings.